The van der Waals surface area contributed by atoms with Crippen LogP contribution in [0, 0.1) is 5.82 Å². The molecular weight excluding hydrogens is 389 g/mol. The largest absolute Gasteiger partial charge is 0.492 e. The predicted octanol–water partition coefficient (Wildman–Crippen LogP) is 4.17. The molecule has 1 aliphatic rings. The van der Waals surface area contributed by atoms with Crippen molar-refractivity contribution < 1.29 is 23.2 Å². The smallest absolute Gasteiger partial charge is 0.227 e. The van der Waals surface area contributed by atoms with E-state index in [2.05, 4.69) is 15.5 Å². The van der Waals surface area contributed by atoms with E-state index in [1.807, 2.05) is 19.9 Å². The highest BCUT2D eigenvalue weighted by atomic mass is 19.1. The first-order chi connectivity index (χ1) is 14.5. The number of nitrogens with one attached hydrogen (secondary N) is 1. The highest BCUT2D eigenvalue weighted by Crippen LogP contribution is 2.38. The van der Waals surface area contributed by atoms with Crippen molar-refractivity contribution in [3.63, 3.8) is 0 Å². The number of halogens is 1. The highest BCUT2D eigenvalue weighted by molar-refractivity contribution is 5.92. The Morgan fingerprint density at radius 3 is 2.87 bits per heavy atom. The van der Waals surface area contributed by atoms with Gasteiger partial charge in [-0.1, -0.05) is 5.16 Å². The molecule has 1 N–H and O–H groups in total. The summed E-state index contributed by atoms with van der Waals surface area (Å²) in [4.78, 5) is 16.7. The molecule has 0 aliphatic carbocycles. The van der Waals surface area contributed by atoms with E-state index in [0.29, 0.717) is 35.3 Å². The number of hydrogen-bond donors (Lipinski definition) is 1. The van der Waals surface area contributed by atoms with Crippen LogP contribution in [0.2, 0.25) is 0 Å². The standard InChI is InChI=1S/C22H22FN3O4/c1-3-28-19-11-15-10-13(2)29-18(15)12-17(19)24-20(27)8-9-21-25-22(26-30-21)14-4-6-16(23)7-5-14/h4-7,11-13H,3,8-10H2,1-2H3,(H,24,27). The molecular formula is C22H22FN3O4. The van der Waals surface area contributed by atoms with Crippen molar-refractivity contribution in [3.8, 4) is 22.9 Å². The van der Waals surface area contributed by atoms with E-state index in [1.54, 1.807) is 18.2 Å². The fraction of sp³-hybridized carbons (Fsp3) is 0.318. The van der Waals surface area contributed by atoms with Crippen molar-refractivity contribution in [1.29, 1.82) is 0 Å². The third-order valence-electron chi connectivity index (χ3n) is 4.71. The van der Waals surface area contributed by atoms with E-state index in [1.165, 1.54) is 12.1 Å². The monoisotopic (exact) mass is 411 g/mol. The minimum absolute atomic E-state index is 0.105. The van der Waals surface area contributed by atoms with Gasteiger partial charge in [0.15, 0.2) is 0 Å². The average Bonchev–Trinajstić information content (AvgIpc) is 3.33. The summed E-state index contributed by atoms with van der Waals surface area (Å²) in [6.45, 7) is 4.39. The molecule has 0 saturated carbocycles. The third-order valence-corrected chi connectivity index (χ3v) is 4.71. The number of aryl methyl sites for hydroxylation is 1. The second-order valence-electron chi connectivity index (χ2n) is 7.09. The highest BCUT2D eigenvalue weighted by Gasteiger charge is 2.22. The number of amides is 1. The maximum absolute atomic E-state index is 13.0. The number of carbonyl (C=O) groups excluding carboxylic acids is 1. The van der Waals surface area contributed by atoms with Crippen molar-refractivity contribution in [2.45, 2.75) is 39.2 Å². The lowest BCUT2D eigenvalue weighted by atomic mass is 10.1. The van der Waals surface area contributed by atoms with E-state index >= 15 is 0 Å². The normalized spacial score (nSPS) is 14.8. The Morgan fingerprint density at radius 1 is 1.30 bits per heavy atom. The molecule has 3 aromatic rings. The number of carbonyl (C=O) groups is 1. The van der Waals surface area contributed by atoms with E-state index in [0.717, 1.165) is 17.7 Å². The zero-order valence-corrected chi connectivity index (χ0v) is 16.8. The molecule has 156 valence electrons. The number of hydrogen-bond acceptors (Lipinski definition) is 6. The fourth-order valence-electron chi connectivity index (χ4n) is 3.32. The van der Waals surface area contributed by atoms with Crippen LogP contribution in [-0.4, -0.2) is 28.8 Å². The first-order valence-electron chi connectivity index (χ1n) is 9.86. The Bertz CT molecular complexity index is 1050. The lowest BCUT2D eigenvalue weighted by molar-refractivity contribution is -0.116. The van der Waals surface area contributed by atoms with Gasteiger partial charge in [0.25, 0.3) is 0 Å². The first kappa shape index (κ1) is 19.9. The van der Waals surface area contributed by atoms with Gasteiger partial charge in [-0.2, -0.15) is 4.98 Å². The molecule has 30 heavy (non-hydrogen) atoms. The van der Waals surface area contributed by atoms with Gasteiger partial charge in [0.2, 0.25) is 17.6 Å². The van der Waals surface area contributed by atoms with Crippen LogP contribution >= 0.6 is 0 Å². The van der Waals surface area contributed by atoms with Gasteiger partial charge in [-0.3, -0.25) is 4.79 Å². The molecule has 0 bridgehead atoms. The lowest BCUT2D eigenvalue weighted by Crippen LogP contribution is -2.13. The van der Waals surface area contributed by atoms with Crippen molar-refractivity contribution in [2.24, 2.45) is 0 Å². The number of ether oxygens (including phenoxy) is 2. The van der Waals surface area contributed by atoms with E-state index in [9.17, 15) is 9.18 Å². The summed E-state index contributed by atoms with van der Waals surface area (Å²) < 4.78 is 29.7. The van der Waals surface area contributed by atoms with Crippen LogP contribution in [0.5, 0.6) is 11.5 Å². The van der Waals surface area contributed by atoms with Gasteiger partial charge in [-0.25, -0.2) is 4.39 Å². The molecule has 1 aromatic heterocycles. The molecule has 2 aromatic carbocycles. The molecule has 1 atom stereocenters. The van der Waals surface area contributed by atoms with Crippen LogP contribution in [0.15, 0.2) is 40.9 Å². The maximum atomic E-state index is 13.0. The number of aromatic nitrogens is 2. The topological polar surface area (TPSA) is 86.5 Å². The van der Waals surface area contributed by atoms with Gasteiger partial charge in [0.1, 0.15) is 23.4 Å². The first-order valence-corrected chi connectivity index (χ1v) is 9.86. The second-order valence-corrected chi connectivity index (χ2v) is 7.09. The third kappa shape index (κ3) is 4.42. The Hall–Kier alpha value is -3.42. The molecule has 1 unspecified atom stereocenters. The number of benzene rings is 2. The van der Waals surface area contributed by atoms with Crippen LogP contribution < -0.4 is 14.8 Å². The van der Waals surface area contributed by atoms with Gasteiger partial charge in [-0.15, -0.1) is 0 Å². The minimum atomic E-state index is -0.336. The molecule has 0 spiro atoms. The molecule has 1 amide bonds. The fourth-order valence-corrected chi connectivity index (χ4v) is 3.32. The molecule has 7 nitrogen and oxygen atoms in total. The van der Waals surface area contributed by atoms with Crippen LogP contribution in [0.25, 0.3) is 11.4 Å². The van der Waals surface area contributed by atoms with E-state index in [-0.39, 0.29) is 30.7 Å². The molecule has 2 heterocycles. The van der Waals surface area contributed by atoms with Crippen LogP contribution in [-0.2, 0) is 17.6 Å². The van der Waals surface area contributed by atoms with Gasteiger partial charge in [0, 0.05) is 36.5 Å². The number of anilines is 1. The van der Waals surface area contributed by atoms with Crippen molar-refractivity contribution in [3.05, 3.63) is 53.7 Å². The summed E-state index contributed by atoms with van der Waals surface area (Å²) >= 11 is 0. The zero-order valence-electron chi connectivity index (χ0n) is 16.8. The van der Waals surface area contributed by atoms with E-state index < -0.39 is 0 Å². The molecule has 1 aliphatic heterocycles. The Balaban J connectivity index is 1.40. The van der Waals surface area contributed by atoms with Crippen LogP contribution in [0.4, 0.5) is 10.1 Å². The molecule has 0 saturated heterocycles. The molecule has 8 heteroatoms. The van der Waals surface area contributed by atoms with Gasteiger partial charge in [-0.05, 0) is 44.2 Å². The number of nitrogens with zero attached hydrogens (tertiary/aromatic N) is 2. The molecule has 4 rings (SSSR count). The summed E-state index contributed by atoms with van der Waals surface area (Å²) in [6.07, 6.45) is 1.36. The summed E-state index contributed by atoms with van der Waals surface area (Å²) in [5.74, 6) is 1.54. The molecule has 0 fully saturated rings. The lowest BCUT2D eigenvalue weighted by Gasteiger charge is -2.13. The maximum Gasteiger partial charge on any atom is 0.227 e. The molecule has 0 radical (unpaired) electrons. The van der Waals surface area contributed by atoms with Crippen LogP contribution in [0.3, 0.4) is 0 Å². The summed E-state index contributed by atoms with van der Waals surface area (Å²) in [6, 6.07) is 9.53. The van der Waals surface area contributed by atoms with Crippen molar-refractivity contribution in [2.75, 3.05) is 11.9 Å². The second kappa shape index (κ2) is 8.52. The van der Waals surface area contributed by atoms with Crippen molar-refractivity contribution >= 4 is 11.6 Å². The number of fused-ring (bicyclic) bond motifs is 1. The van der Waals surface area contributed by atoms with Crippen molar-refractivity contribution in [1.82, 2.24) is 10.1 Å². The summed E-state index contributed by atoms with van der Waals surface area (Å²) in [5, 5.41) is 6.77. The summed E-state index contributed by atoms with van der Waals surface area (Å²) in [7, 11) is 0. The Labute approximate surface area is 173 Å². The predicted molar refractivity (Wildman–Crippen MR) is 108 cm³/mol. The SMILES string of the molecule is CCOc1cc2c(cc1NC(=O)CCc1nc(-c3ccc(F)cc3)no1)OC(C)C2. The Morgan fingerprint density at radius 2 is 2.10 bits per heavy atom. The van der Waals surface area contributed by atoms with Gasteiger partial charge < -0.3 is 19.3 Å². The van der Waals surface area contributed by atoms with Crippen LogP contribution in [0.1, 0.15) is 31.7 Å². The van der Waals surface area contributed by atoms with Gasteiger partial charge in [0.05, 0.1) is 12.3 Å². The average molecular weight is 411 g/mol. The quantitative estimate of drug-likeness (QED) is 0.628. The summed E-state index contributed by atoms with van der Waals surface area (Å²) in [5.41, 5.74) is 2.29. The number of rotatable bonds is 7. The van der Waals surface area contributed by atoms with E-state index in [4.69, 9.17) is 14.0 Å². The zero-order chi connectivity index (χ0) is 21.1. The minimum Gasteiger partial charge on any atom is -0.492 e. The van der Waals surface area contributed by atoms with Gasteiger partial charge >= 0.3 is 0 Å². The Kier molecular flexibility index (Phi) is 5.65.